The van der Waals surface area contributed by atoms with Crippen LogP contribution in [0.3, 0.4) is 0 Å². The van der Waals surface area contributed by atoms with E-state index in [1.165, 1.54) is 21.8 Å². The second-order valence-corrected chi connectivity index (χ2v) is 8.24. The van der Waals surface area contributed by atoms with Gasteiger partial charge in [-0.2, -0.15) is 0 Å². The van der Waals surface area contributed by atoms with Gasteiger partial charge < -0.3 is 4.42 Å². The average molecular weight is 393 g/mol. The van der Waals surface area contributed by atoms with Crippen molar-refractivity contribution in [3.8, 4) is 11.5 Å². The number of thiazole rings is 1. The van der Waals surface area contributed by atoms with Crippen LogP contribution in [0.1, 0.15) is 35.3 Å². The van der Waals surface area contributed by atoms with Crippen molar-refractivity contribution >= 4 is 21.6 Å². The second-order valence-electron chi connectivity index (χ2n) is 7.18. The molecule has 1 saturated heterocycles. The van der Waals surface area contributed by atoms with Gasteiger partial charge in [0, 0.05) is 12.1 Å². The molecule has 0 aliphatic carbocycles. The van der Waals surface area contributed by atoms with Gasteiger partial charge in [-0.15, -0.1) is 11.3 Å². The third kappa shape index (κ3) is 3.23. The fourth-order valence-electron chi connectivity index (χ4n) is 3.81. The number of aromatic nitrogens is 2. The Bertz CT molecular complexity index is 1090. The van der Waals surface area contributed by atoms with Crippen LogP contribution in [0.25, 0.3) is 21.7 Å². The summed E-state index contributed by atoms with van der Waals surface area (Å²) in [5, 5.41) is 1.18. The van der Waals surface area contributed by atoms with E-state index >= 15 is 0 Å². The number of likely N-dealkylation sites (tertiary alicyclic amines) is 1. The van der Waals surface area contributed by atoms with Gasteiger partial charge >= 0.3 is 0 Å². The number of halogens is 1. The second kappa shape index (κ2) is 7.11. The average Bonchev–Trinajstić information content (AvgIpc) is 3.41. The van der Waals surface area contributed by atoms with E-state index in [9.17, 15) is 4.39 Å². The van der Waals surface area contributed by atoms with Gasteiger partial charge in [-0.3, -0.25) is 4.90 Å². The molecule has 28 heavy (non-hydrogen) atoms. The molecule has 1 fully saturated rings. The summed E-state index contributed by atoms with van der Waals surface area (Å²) in [7, 11) is 0. The van der Waals surface area contributed by atoms with Gasteiger partial charge in [0.15, 0.2) is 0 Å². The zero-order chi connectivity index (χ0) is 19.1. The Kier molecular flexibility index (Phi) is 4.45. The zero-order valence-electron chi connectivity index (χ0n) is 15.6. The molecule has 0 N–H and O–H groups in total. The van der Waals surface area contributed by atoms with Crippen molar-refractivity contribution in [3.05, 3.63) is 70.8 Å². The van der Waals surface area contributed by atoms with Crippen LogP contribution in [0.4, 0.5) is 4.39 Å². The van der Waals surface area contributed by atoms with Gasteiger partial charge in [-0.1, -0.05) is 12.1 Å². The predicted octanol–water partition coefficient (Wildman–Crippen LogP) is 5.74. The zero-order valence-corrected chi connectivity index (χ0v) is 16.4. The standard InChI is InChI=1S/C22H20FN3OS/c1-14-18(24-21(27-14)15-8-10-16(23)11-9-15)13-26-12-4-6-19(26)22-25-17-5-2-3-7-20(17)28-22/h2-3,5,7-11,19H,4,6,12-13H2,1H3. The lowest BCUT2D eigenvalue weighted by atomic mass is 10.2. The summed E-state index contributed by atoms with van der Waals surface area (Å²) < 4.78 is 20.3. The first-order chi connectivity index (χ1) is 13.7. The van der Waals surface area contributed by atoms with Crippen molar-refractivity contribution in [2.24, 2.45) is 0 Å². The first kappa shape index (κ1) is 17.5. The van der Waals surface area contributed by atoms with Crippen LogP contribution in [-0.2, 0) is 6.54 Å². The number of para-hydroxylation sites is 1. The van der Waals surface area contributed by atoms with E-state index in [-0.39, 0.29) is 5.82 Å². The molecular weight excluding hydrogens is 373 g/mol. The molecule has 0 bridgehead atoms. The summed E-state index contributed by atoms with van der Waals surface area (Å²) in [6, 6.07) is 14.9. The largest absolute Gasteiger partial charge is 0.441 e. The number of hydrogen-bond acceptors (Lipinski definition) is 5. The molecule has 5 rings (SSSR count). The number of benzene rings is 2. The van der Waals surface area contributed by atoms with Gasteiger partial charge in [-0.05, 0) is 62.7 Å². The Balaban J connectivity index is 1.40. The molecule has 0 radical (unpaired) electrons. The van der Waals surface area contributed by atoms with Crippen LogP contribution < -0.4 is 0 Å². The number of hydrogen-bond donors (Lipinski definition) is 0. The van der Waals surface area contributed by atoms with Crippen LogP contribution in [0, 0.1) is 12.7 Å². The normalized spacial score (nSPS) is 17.6. The van der Waals surface area contributed by atoms with E-state index < -0.39 is 0 Å². The maximum atomic E-state index is 13.2. The SMILES string of the molecule is Cc1oc(-c2ccc(F)cc2)nc1CN1CCCC1c1nc2ccccc2s1. The van der Waals surface area contributed by atoms with Crippen molar-refractivity contribution in [2.75, 3.05) is 6.54 Å². The fraction of sp³-hybridized carbons (Fsp3) is 0.273. The molecule has 0 spiro atoms. The smallest absolute Gasteiger partial charge is 0.226 e. The molecular formula is C22H20FN3OS. The minimum atomic E-state index is -0.261. The minimum Gasteiger partial charge on any atom is -0.441 e. The van der Waals surface area contributed by atoms with Gasteiger partial charge in [0.2, 0.25) is 5.89 Å². The summed E-state index contributed by atoms with van der Waals surface area (Å²) in [4.78, 5) is 12.0. The lowest BCUT2D eigenvalue weighted by Crippen LogP contribution is -2.23. The van der Waals surface area contributed by atoms with Gasteiger partial charge in [0.1, 0.15) is 16.6 Å². The van der Waals surface area contributed by atoms with E-state index in [1.807, 2.05) is 13.0 Å². The molecule has 0 saturated carbocycles. The molecule has 4 nitrogen and oxygen atoms in total. The van der Waals surface area contributed by atoms with Crippen LogP contribution in [0.5, 0.6) is 0 Å². The maximum Gasteiger partial charge on any atom is 0.226 e. The van der Waals surface area contributed by atoms with E-state index in [2.05, 4.69) is 23.1 Å². The summed E-state index contributed by atoms with van der Waals surface area (Å²) in [5.74, 6) is 1.10. The van der Waals surface area contributed by atoms with Crippen molar-refractivity contribution in [2.45, 2.75) is 32.4 Å². The van der Waals surface area contributed by atoms with Gasteiger partial charge in [0.25, 0.3) is 0 Å². The maximum absolute atomic E-state index is 13.2. The molecule has 0 amide bonds. The van der Waals surface area contributed by atoms with Crippen molar-refractivity contribution in [3.63, 3.8) is 0 Å². The van der Waals surface area contributed by atoms with E-state index in [1.54, 1.807) is 23.5 Å². The topological polar surface area (TPSA) is 42.2 Å². The summed E-state index contributed by atoms with van der Waals surface area (Å²) in [6.45, 7) is 3.70. The lowest BCUT2D eigenvalue weighted by Gasteiger charge is -2.21. The minimum absolute atomic E-state index is 0.261. The molecule has 2 aromatic heterocycles. The Labute approximate surface area is 166 Å². The molecule has 3 heterocycles. The first-order valence-electron chi connectivity index (χ1n) is 9.49. The third-order valence-corrected chi connectivity index (χ3v) is 6.43. The van der Waals surface area contributed by atoms with Crippen LogP contribution >= 0.6 is 11.3 Å². The quantitative estimate of drug-likeness (QED) is 0.444. The van der Waals surface area contributed by atoms with Crippen molar-refractivity contribution in [1.82, 2.24) is 14.9 Å². The third-order valence-electron chi connectivity index (χ3n) is 5.30. The molecule has 1 unspecified atom stereocenters. The highest BCUT2D eigenvalue weighted by atomic mass is 32.1. The molecule has 4 aromatic rings. The van der Waals surface area contributed by atoms with Crippen molar-refractivity contribution in [1.29, 1.82) is 0 Å². The molecule has 142 valence electrons. The highest BCUT2D eigenvalue weighted by molar-refractivity contribution is 7.18. The fourth-order valence-corrected chi connectivity index (χ4v) is 4.95. The summed E-state index contributed by atoms with van der Waals surface area (Å²) in [5.41, 5.74) is 2.80. The number of nitrogens with zero attached hydrogens (tertiary/aromatic N) is 3. The van der Waals surface area contributed by atoms with E-state index in [4.69, 9.17) is 14.4 Å². The first-order valence-corrected chi connectivity index (χ1v) is 10.3. The highest BCUT2D eigenvalue weighted by Gasteiger charge is 2.30. The molecule has 6 heteroatoms. The molecule has 1 atom stereocenters. The number of fused-ring (bicyclic) bond motifs is 1. The Hall–Kier alpha value is -2.57. The molecule has 1 aliphatic heterocycles. The highest BCUT2D eigenvalue weighted by Crippen LogP contribution is 2.37. The molecule has 1 aliphatic rings. The van der Waals surface area contributed by atoms with E-state index in [0.717, 1.165) is 48.5 Å². The number of rotatable bonds is 4. The Morgan fingerprint density at radius 3 is 2.79 bits per heavy atom. The molecule has 2 aromatic carbocycles. The summed E-state index contributed by atoms with van der Waals surface area (Å²) in [6.07, 6.45) is 2.27. The van der Waals surface area contributed by atoms with Crippen LogP contribution in [0.15, 0.2) is 52.9 Å². The van der Waals surface area contributed by atoms with Crippen LogP contribution in [0.2, 0.25) is 0 Å². The van der Waals surface area contributed by atoms with Crippen LogP contribution in [-0.4, -0.2) is 21.4 Å². The Morgan fingerprint density at radius 2 is 1.96 bits per heavy atom. The van der Waals surface area contributed by atoms with E-state index in [0.29, 0.717) is 11.9 Å². The number of aryl methyl sites for hydroxylation is 1. The summed E-state index contributed by atoms with van der Waals surface area (Å²) >= 11 is 1.78. The predicted molar refractivity (Wildman–Crippen MR) is 109 cm³/mol. The van der Waals surface area contributed by atoms with Gasteiger partial charge in [-0.25, -0.2) is 14.4 Å². The van der Waals surface area contributed by atoms with Gasteiger partial charge in [0.05, 0.1) is 22.0 Å². The van der Waals surface area contributed by atoms with Crippen molar-refractivity contribution < 1.29 is 8.81 Å². The number of oxazole rings is 1. The monoisotopic (exact) mass is 393 g/mol. The lowest BCUT2D eigenvalue weighted by molar-refractivity contribution is 0.244. The Morgan fingerprint density at radius 1 is 1.14 bits per heavy atom.